The zero-order chi connectivity index (χ0) is 17.9. The van der Waals surface area contributed by atoms with E-state index in [-0.39, 0.29) is 5.41 Å². The fraction of sp³-hybridized carbons (Fsp3) is 0.400. The van der Waals surface area contributed by atoms with E-state index >= 15 is 0 Å². The van der Waals surface area contributed by atoms with Gasteiger partial charge in [-0.05, 0) is 38.9 Å². The Morgan fingerprint density at radius 2 is 1.92 bits per heavy atom. The predicted molar refractivity (Wildman–Crippen MR) is 101 cm³/mol. The topological polar surface area (TPSA) is 84.0 Å². The van der Waals surface area contributed by atoms with Crippen molar-refractivity contribution in [3.05, 3.63) is 53.2 Å². The smallest absolute Gasteiger partial charge is 0.136 e. The quantitative estimate of drug-likeness (QED) is 0.731. The molecule has 2 aromatic rings. The van der Waals surface area contributed by atoms with Gasteiger partial charge >= 0.3 is 0 Å². The molecular weight excluding hydrogens is 312 g/mol. The van der Waals surface area contributed by atoms with E-state index in [1.54, 1.807) is 12.3 Å². The van der Waals surface area contributed by atoms with Gasteiger partial charge in [0.15, 0.2) is 0 Å². The van der Waals surface area contributed by atoms with Crippen LogP contribution in [0.5, 0.6) is 5.75 Å². The van der Waals surface area contributed by atoms with Gasteiger partial charge in [-0.25, -0.2) is 4.98 Å². The molecule has 0 spiro atoms. The third kappa shape index (κ3) is 3.99. The van der Waals surface area contributed by atoms with Crippen LogP contribution < -0.4 is 15.8 Å². The highest BCUT2D eigenvalue weighted by molar-refractivity contribution is 6.15. The molecule has 5 heteroatoms. The van der Waals surface area contributed by atoms with Crippen molar-refractivity contribution in [1.29, 1.82) is 5.41 Å². The van der Waals surface area contributed by atoms with E-state index < -0.39 is 0 Å². The largest absolute Gasteiger partial charge is 0.492 e. The molecule has 0 atom stereocenters. The van der Waals surface area contributed by atoms with Crippen LogP contribution in [0.25, 0.3) is 0 Å². The predicted octanol–water partition coefficient (Wildman–Crippen LogP) is 3.16. The summed E-state index contributed by atoms with van der Waals surface area (Å²) in [5, 5.41) is 12.0. The summed E-state index contributed by atoms with van der Waals surface area (Å²) in [5.74, 6) is 0.969. The van der Waals surface area contributed by atoms with Crippen LogP contribution in [-0.4, -0.2) is 30.4 Å². The van der Waals surface area contributed by atoms with Gasteiger partial charge in [0, 0.05) is 17.2 Å². The minimum absolute atomic E-state index is 0.145. The molecular formula is C20H26N4O. The minimum Gasteiger partial charge on any atom is -0.492 e. The van der Waals surface area contributed by atoms with Crippen LogP contribution in [0.2, 0.25) is 0 Å². The van der Waals surface area contributed by atoms with Crippen LogP contribution in [-0.2, 0) is 0 Å². The lowest BCUT2D eigenvalue weighted by Gasteiger charge is -2.34. The monoisotopic (exact) mass is 338 g/mol. The average molecular weight is 338 g/mol. The zero-order valence-electron chi connectivity index (χ0n) is 14.9. The molecule has 0 saturated carbocycles. The third-order valence-electron chi connectivity index (χ3n) is 4.92. The van der Waals surface area contributed by atoms with Gasteiger partial charge in [-0.2, -0.15) is 0 Å². The molecule has 1 aromatic heterocycles. The van der Waals surface area contributed by atoms with Crippen molar-refractivity contribution in [2.45, 2.75) is 26.7 Å². The van der Waals surface area contributed by atoms with E-state index in [9.17, 15) is 0 Å². The molecule has 1 aromatic carbocycles. The lowest BCUT2D eigenvalue weighted by Crippen LogP contribution is -2.38. The number of benzene rings is 1. The summed E-state index contributed by atoms with van der Waals surface area (Å²) in [6.07, 6.45) is 3.80. The van der Waals surface area contributed by atoms with Gasteiger partial charge in [0.05, 0.1) is 17.9 Å². The van der Waals surface area contributed by atoms with Gasteiger partial charge in [-0.15, -0.1) is 0 Å². The summed E-state index contributed by atoms with van der Waals surface area (Å²) in [6.45, 7) is 6.94. The van der Waals surface area contributed by atoms with E-state index in [0.717, 1.165) is 37.1 Å². The summed E-state index contributed by atoms with van der Waals surface area (Å²) < 4.78 is 6.14. The number of nitrogens with zero attached hydrogens (tertiary/aromatic N) is 1. The highest BCUT2D eigenvalue weighted by Gasteiger charge is 2.28. The van der Waals surface area contributed by atoms with Crippen LogP contribution in [0.4, 0.5) is 5.82 Å². The molecule has 0 radical (unpaired) electrons. The molecule has 0 amide bonds. The van der Waals surface area contributed by atoms with E-state index in [4.69, 9.17) is 15.9 Å². The Labute approximate surface area is 149 Å². The lowest BCUT2D eigenvalue weighted by atomic mass is 9.82. The first kappa shape index (κ1) is 17.4. The van der Waals surface area contributed by atoms with Crippen LogP contribution >= 0.6 is 0 Å². The van der Waals surface area contributed by atoms with Gasteiger partial charge in [0.25, 0.3) is 0 Å². The Kier molecular flexibility index (Phi) is 5.04. The van der Waals surface area contributed by atoms with E-state index in [2.05, 4.69) is 17.2 Å². The molecule has 0 bridgehead atoms. The maximum Gasteiger partial charge on any atom is 0.136 e. The number of aromatic nitrogens is 1. The Balaban J connectivity index is 1.84. The van der Waals surface area contributed by atoms with E-state index in [0.29, 0.717) is 29.4 Å². The van der Waals surface area contributed by atoms with Gasteiger partial charge in [-0.3, -0.25) is 5.41 Å². The number of piperidine rings is 1. The zero-order valence-corrected chi connectivity index (χ0v) is 14.9. The number of pyridine rings is 1. The summed E-state index contributed by atoms with van der Waals surface area (Å²) in [5.41, 5.74) is 9.12. The van der Waals surface area contributed by atoms with Crippen molar-refractivity contribution >= 4 is 11.5 Å². The first-order chi connectivity index (χ1) is 12.0. The summed E-state index contributed by atoms with van der Waals surface area (Å²) in [6, 6.07) is 9.66. The number of rotatable bonds is 5. The number of nitrogens with two attached hydrogens (primary N) is 1. The SMILES string of the molecule is Cc1ccc(C(=N)c2c(OCC3(C)CCNCC3)ccnc2N)cc1. The van der Waals surface area contributed by atoms with Crippen molar-refractivity contribution in [2.24, 2.45) is 5.41 Å². The molecule has 3 rings (SSSR count). The number of hydrogen-bond acceptors (Lipinski definition) is 5. The van der Waals surface area contributed by atoms with E-state index in [1.807, 2.05) is 31.2 Å². The fourth-order valence-electron chi connectivity index (χ4n) is 3.12. The maximum absolute atomic E-state index is 8.58. The molecule has 1 aliphatic heterocycles. The number of ether oxygens (including phenoxy) is 1. The number of nitrogen functional groups attached to an aromatic ring is 1. The lowest BCUT2D eigenvalue weighted by molar-refractivity contribution is 0.123. The Morgan fingerprint density at radius 1 is 1.24 bits per heavy atom. The van der Waals surface area contributed by atoms with Crippen molar-refractivity contribution in [3.63, 3.8) is 0 Å². The second kappa shape index (κ2) is 7.23. The van der Waals surface area contributed by atoms with Gasteiger partial charge in [-0.1, -0.05) is 36.8 Å². The highest BCUT2D eigenvalue weighted by atomic mass is 16.5. The van der Waals surface area contributed by atoms with Crippen LogP contribution in [0.1, 0.15) is 36.5 Å². The third-order valence-corrected chi connectivity index (χ3v) is 4.92. The molecule has 0 aliphatic carbocycles. The molecule has 1 saturated heterocycles. The van der Waals surface area contributed by atoms with Crippen molar-refractivity contribution in [2.75, 3.05) is 25.4 Å². The van der Waals surface area contributed by atoms with Crippen molar-refractivity contribution < 1.29 is 4.74 Å². The first-order valence-electron chi connectivity index (χ1n) is 8.72. The summed E-state index contributed by atoms with van der Waals surface area (Å²) in [4.78, 5) is 4.16. The van der Waals surface area contributed by atoms with Crippen molar-refractivity contribution in [1.82, 2.24) is 10.3 Å². The Morgan fingerprint density at radius 3 is 2.60 bits per heavy atom. The molecule has 5 nitrogen and oxygen atoms in total. The number of aryl methyl sites for hydroxylation is 1. The molecule has 0 unspecified atom stereocenters. The van der Waals surface area contributed by atoms with Gasteiger partial charge in [0.1, 0.15) is 11.6 Å². The molecule has 132 valence electrons. The van der Waals surface area contributed by atoms with Gasteiger partial charge in [0.2, 0.25) is 0 Å². The van der Waals surface area contributed by atoms with Crippen LogP contribution in [0.3, 0.4) is 0 Å². The Hall–Kier alpha value is -2.40. The van der Waals surface area contributed by atoms with E-state index in [1.165, 1.54) is 0 Å². The van der Waals surface area contributed by atoms with Crippen LogP contribution in [0.15, 0.2) is 36.5 Å². The maximum atomic E-state index is 8.58. The van der Waals surface area contributed by atoms with Gasteiger partial charge < -0.3 is 15.8 Å². The molecule has 1 aliphatic rings. The number of nitrogens with one attached hydrogen (secondary N) is 2. The minimum atomic E-state index is 0.145. The molecule has 4 N–H and O–H groups in total. The average Bonchev–Trinajstić information content (AvgIpc) is 2.61. The fourth-order valence-corrected chi connectivity index (χ4v) is 3.12. The number of anilines is 1. The molecule has 1 fully saturated rings. The second-order valence-corrected chi connectivity index (χ2v) is 7.16. The first-order valence-corrected chi connectivity index (χ1v) is 8.72. The highest BCUT2D eigenvalue weighted by Crippen LogP contribution is 2.31. The molecule has 25 heavy (non-hydrogen) atoms. The normalized spacial score (nSPS) is 16.4. The summed E-state index contributed by atoms with van der Waals surface area (Å²) >= 11 is 0. The second-order valence-electron chi connectivity index (χ2n) is 7.16. The van der Waals surface area contributed by atoms with Crippen LogP contribution in [0, 0.1) is 17.7 Å². The standard InChI is InChI=1S/C20H26N4O/c1-14-3-5-15(6-4-14)18(21)17-16(7-10-24-19(17)22)25-13-20(2)8-11-23-12-9-20/h3-7,10,21,23H,8-9,11-13H2,1-2H3,(H2,22,24). The Bertz CT molecular complexity index is 749. The molecule has 2 heterocycles. The summed E-state index contributed by atoms with van der Waals surface area (Å²) in [7, 11) is 0. The number of hydrogen-bond donors (Lipinski definition) is 3. The van der Waals surface area contributed by atoms with Crippen molar-refractivity contribution in [3.8, 4) is 5.75 Å².